The molecule has 22 heavy (non-hydrogen) atoms. The Labute approximate surface area is 131 Å². The zero-order chi connectivity index (χ0) is 15.5. The molecule has 1 aromatic carbocycles. The van der Waals surface area contributed by atoms with Crippen molar-refractivity contribution in [3.63, 3.8) is 0 Å². The van der Waals surface area contributed by atoms with Gasteiger partial charge in [0.25, 0.3) is 0 Å². The third kappa shape index (κ3) is 3.06. The van der Waals surface area contributed by atoms with Crippen LogP contribution in [0.25, 0.3) is 0 Å². The Bertz CT molecular complexity index is 688. The first-order valence-corrected chi connectivity index (χ1v) is 7.66. The molecule has 7 nitrogen and oxygen atoms in total. The van der Waals surface area contributed by atoms with Gasteiger partial charge in [-0.05, 0) is 19.1 Å². The number of aromatic nitrogens is 2. The van der Waals surface area contributed by atoms with Crippen LogP contribution in [0, 0.1) is 6.92 Å². The number of hydrogen-bond acceptors (Lipinski definition) is 5. The molecule has 0 bridgehead atoms. The van der Waals surface area contributed by atoms with Crippen LogP contribution in [0.2, 0.25) is 0 Å². The van der Waals surface area contributed by atoms with Gasteiger partial charge in [-0.1, -0.05) is 29.5 Å². The van der Waals surface area contributed by atoms with Gasteiger partial charge in [0.2, 0.25) is 11.0 Å². The largest absolute Gasteiger partial charge is 0.325 e. The van der Waals surface area contributed by atoms with E-state index < -0.39 is 0 Å². The molecule has 1 aromatic heterocycles. The maximum Gasteiger partial charge on any atom is 0.325 e. The second kappa shape index (κ2) is 6.10. The minimum absolute atomic E-state index is 0.0147. The van der Waals surface area contributed by atoms with E-state index in [1.807, 2.05) is 37.3 Å². The smallest absolute Gasteiger partial charge is 0.313 e. The second-order valence-electron chi connectivity index (χ2n) is 4.87. The molecule has 1 fully saturated rings. The molecule has 0 spiro atoms. The molecule has 3 amide bonds. The van der Waals surface area contributed by atoms with Crippen molar-refractivity contribution in [2.45, 2.75) is 6.92 Å². The molecule has 0 unspecified atom stereocenters. The fraction of sp³-hybridized carbons (Fsp3) is 0.286. The number of rotatable bonds is 4. The third-order valence-corrected chi connectivity index (χ3v) is 4.02. The van der Waals surface area contributed by atoms with E-state index in [1.54, 1.807) is 4.90 Å². The minimum Gasteiger partial charge on any atom is -0.313 e. The first kappa shape index (κ1) is 14.5. The van der Waals surface area contributed by atoms with E-state index in [-0.39, 0.29) is 18.5 Å². The van der Waals surface area contributed by atoms with Crippen LogP contribution in [0.3, 0.4) is 0 Å². The average Bonchev–Trinajstić information content (AvgIpc) is 3.07. The highest BCUT2D eigenvalue weighted by Gasteiger charge is 2.30. The lowest BCUT2D eigenvalue weighted by molar-refractivity contribution is -0.116. The van der Waals surface area contributed by atoms with Crippen LogP contribution in [0.1, 0.15) is 5.01 Å². The SMILES string of the molecule is Cc1nnc(NC(=O)CN2CCN(c3ccccc3)C2=O)s1. The van der Waals surface area contributed by atoms with Gasteiger partial charge in [-0.15, -0.1) is 10.2 Å². The van der Waals surface area contributed by atoms with E-state index in [4.69, 9.17) is 0 Å². The normalized spacial score (nSPS) is 14.5. The Kier molecular flexibility index (Phi) is 4.01. The highest BCUT2D eigenvalue weighted by atomic mass is 32.1. The second-order valence-corrected chi connectivity index (χ2v) is 6.05. The predicted molar refractivity (Wildman–Crippen MR) is 84.0 cm³/mol. The van der Waals surface area contributed by atoms with Gasteiger partial charge in [0, 0.05) is 18.8 Å². The lowest BCUT2D eigenvalue weighted by atomic mass is 10.3. The lowest BCUT2D eigenvalue weighted by Crippen LogP contribution is -2.37. The summed E-state index contributed by atoms with van der Waals surface area (Å²) in [6.07, 6.45) is 0. The van der Waals surface area contributed by atoms with Crippen molar-refractivity contribution < 1.29 is 9.59 Å². The number of amides is 3. The highest BCUT2D eigenvalue weighted by Crippen LogP contribution is 2.20. The number of nitrogens with one attached hydrogen (secondary N) is 1. The molecule has 8 heteroatoms. The summed E-state index contributed by atoms with van der Waals surface area (Å²) in [6, 6.07) is 9.27. The summed E-state index contributed by atoms with van der Waals surface area (Å²) < 4.78 is 0. The third-order valence-electron chi connectivity index (χ3n) is 3.27. The van der Waals surface area contributed by atoms with Crippen LogP contribution < -0.4 is 10.2 Å². The molecule has 114 valence electrons. The fourth-order valence-electron chi connectivity index (χ4n) is 2.26. The van der Waals surface area contributed by atoms with Crippen LogP contribution in [0.4, 0.5) is 15.6 Å². The summed E-state index contributed by atoms with van der Waals surface area (Å²) in [5.41, 5.74) is 0.843. The Morgan fingerprint density at radius 3 is 2.73 bits per heavy atom. The number of hydrogen-bond donors (Lipinski definition) is 1. The van der Waals surface area contributed by atoms with Crippen LogP contribution >= 0.6 is 11.3 Å². The molecule has 0 atom stereocenters. The van der Waals surface area contributed by atoms with Crippen LogP contribution in [0.15, 0.2) is 30.3 Å². The van der Waals surface area contributed by atoms with Crippen LogP contribution in [0.5, 0.6) is 0 Å². The first-order valence-electron chi connectivity index (χ1n) is 6.85. The van der Waals surface area contributed by atoms with Crippen molar-refractivity contribution in [2.24, 2.45) is 0 Å². The maximum atomic E-state index is 12.3. The standard InChI is InChI=1S/C14H15N5O2S/c1-10-16-17-13(22-10)15-12(20)9-18-7-8-19(14(18)21)11-5-3-2-4-6-11/h2-6H,7-9H2,1H3,(H,15,17,20). The first-order chi connectivity index (χ1) is 10.6. The van der Waals surface area contributed by atoms with E-state index in [2.05, 4.69) is 15.5 Å². The summed E-state index contributed by atoms with van der Waals surface area (Å²) in [6.45, 7) is 2.93. The zero-order valence-corrected chi connectivity index (χ0v) is 12.8. The molecule has 1 aliphatic rings. The average molecular weight is 317 g/mol. The molecule has 2 aromatic rings. The van der Waals surface area contributed by atoms with Gasteiger partial charge in [-0.25, -0.2) is 4.79 Å². The number of carbonyl (C=O) groups excluding carboxylic acids is 2. The number of para-hydroxylation sites is 1. The minimum atomic E-state index is -0.264. The van der Waals surface area contributed by atoms with Crippen molar-refractivity contribution in [1.82, 2.24) is 15.1 Å². The van der Waals surface area contributed by atoms with Gasteiger partial charge >= 0.3 is 6.03 Å². The summed E-state index contributed by atoms with van der Waals surface area (Å²) in [5.74, 6) is -0.264. The van der Waals surface area contributed by atoms with Gasteiger partial charge in [0.1, 0.15) is 11.6 Å². The molecule has 0 saturated carbocycles. The fourth-order valence-corrected chi connectivity index (χ4v) is 2.86. The maximum absolute atomic E-state index is 12.3. The summed E-state index contributed by atoms with van der Waals surface area (Å²) in [5, 5.41) is 11.6. The van der Waals surface area contributed by atoms with E-state index >= 15 is 0 Å². The number of carbonyl (C=O) groups is 2. The van der Waals surface area contributed by atoms with E-state index in [0.717, 1.165) is 10.7 Å². The molecule has 1 aliphatic heterocycles. The number of urea groups is 1. The van der Waals surface area contributed by atoms with Gasteiger partial charge in [-0.3, -0.25) is 15.0 Å². The molecule has 1 saturated heterocycles. The Balaban J connectivity index is 1.60. The highest BCUT2D eigenvalue weighted by molar-refractivity contribution is 7.15. The van der Waals surface area contributed by atoms with Crippen molar-refractivity contribution in [3.8, 4) is 0 Å². The molecule has 0 radical (unpaired) electrons. The molecular weight excluding hydrogens is 302 g/mol. The molecular formula is C14H15N5O2S. The zero-order valence-electron chi connectivity index (χ0n) is 12.0. The Hall–Kier alpha value is -2.48. The molecule has 2 heterocycles. The molecule has 1 N–H and O–H groups in total. The monoisotopic (exact) mass is 317 g/mol. The van der Waals surface area contributed by atoms with Crippen LogP contribution in [-0.2, 0) is 4.79 Å². The van der Waals surface area contributed by atoms with Gasteiger partial charge in [-0.2, -0.15) is 0 Å². The van der Waals surface area contributed by atoms with E-state index in [1.165, 1.54) is 16.2 Å². The molecule has 3 rings (SSSR count). The summed E-state index contributed by atoms with van der Waals surface area (Å²) >= 11 is 1.30. The van der Waals surface area contributed by atoms with Gasteiger partial charge < -0.3 is 4.90 Å². The van der Waals surface area contributed by atoms with Crippen molar-refractivity contribution in [1.29, 1.82) is 0 Å². The van der Waals surface area contributed by atoms with Crippen LogP contribution in [-0.4, -0.2) is 46.7 Å². The van der Waals surface area contributed by atoms with Crippen molar-refractivity contribution in [2.75, 3.05) is 29.9 Å². The number of benzene rings is 1. The molecule has 0 aliphatic carbocycles. The Morgan fingerprint density at radius 2 is 2.05 bits per heavy atom. The number of aryl methyl sites for hydroxylation is 1. The quantitative estimate of drug-likeness (QED) is 0.931. The summed E-state index contributed by atoms with van der Waals surface area (Å²) in [4.78, 5) is 27.5. The van der Waals surface area contributed by atoms with Crippen molar-refractivity contribution in [3.05, 3.63) is 35.3 Å². The summed E-state index contributed by atoms with van der Waals surface area (Å²) in [7, 11) is 0. The topological polar surface area (TPSA) is 78.4 Å². The lowest BCUT2D eigenvalue weighted by Gasteiger charge is -2.18. The Morgan fingerprint density at radius 1 is 1.27 bits per heavy atom. The van der Waals surface area contributed by atoms with Crippen molar-refractivity contribution >= 4 is 34.1 Å². The predicted octanol–water partition coefficient (Wildman–Crippen LogP) is 1.73. The van der Waals surface area contributed by atoms with Gasteiger partial charge in [0.15, 0.2) is 0 Å². The number of anilines is 2. The van der Waals surface area contributed by atoms with E-state index in [0.29, 0.717) is 18.2 Å². The van der Waals surface area contributed by atoms with E-state index in [9.17, 15) is 9.59 Å². The number of nitrogens with zero attached hydrogens (tertiary/aromatic N) is 4. The van der Waals surface area contributed by atoms with Gasteiger partial charge in [0.05, 0.1) is 0 Å².